The van der Waals surface area contributed by atoms with E-state index in [4.69, 9.17) is 59.9 Å². The number of ether oxygens (including phenoxy) is 3. The maximum atomic E-state index is 15.3. The second kappa shape index (κ2) is 63.9. The molecule has 1 aromatic carbocycles. The van der Waals surface area contributed by atoms with Crippen LogP contribution in [0.15, 0.2) is 44.4 Å². The molecule has 0 aliphatic carbocycles. The molecular weight excluding hydrogens is 1710 g/mol. The fraction of sp³-hybridized carbons (Fsp3) is 0.711. The first-order valence-electron chi connectivity index (χ1n) is 44.5. The van der Waals surface area contributed by atoms with Gasteiger partial charge < -0.3 is 144 Å². The van der Waals surface area contributed by atoms with Gasteiger partial charge in [-0.1, -0.05) is 85.5 Å². The van der Waals surface area contributed by atoms with E-state index in [9.17, 15) is 82.4 Å². The number of phenols is 1. The third-order valence-corrected chi connectivity index (χ3v) is 21.0. The molecule has 48 nitrogen and oxygen atoms in total. The van der Waals surface area contributed by atoms with Gasteiger partial charge in [0.25, 0.3) is 0 Å². The van der Waals surface area contributed by atoms with Gasteiger partial charge in [-0.05, 0) is 150 Å². The van der Waals surface area contributed by atoms with Crippen molar-refractivity contribution in [2.75, 3.05) is 92.1 Å². The second-order valence-electron chi connectivity index (χ2n) is 32.9. The van der Waals surface area contributed by atoms with E-state index < -0.39 is 192 Å². The van der Waals surface area contributed by atoms with E-state index in [-0.39, 0.29) is 204 Å². The lowest BCUT2D eigenvalue weighted by molar-refractivity contribution is -0.142. The average molecular weight is 1860 g/mol. The number of aromatic hydroxyl groups is 1. The molecule has 1 saturated heterocycles. The number of nitrogens with two attached hydrogens (primary N) is 7. The third kappa shape index (κ3) is 46.9. The molecule has 48 heteroatoms. The second-order valence-corrected chi connectivity index (χ2v) is 32.9. The summed E-state index contributed by atoms with van der Waals surface area (Å²) < 4.78 is 16.4. The number of unbranched alkanes of at least 4 members (excludes halogenated alkanes) is 1. The number of rotatable bonds is 67. The fourth-order valence-corrected chi connectivity index (χ4v) is 13.5. The van der Waals surface area contributed by atoms with Gasteiger partial charge >= 0.3 is 5.97 Å². The van der Waals surface area contributed by atoms with Crippen LogP contribution in [0, 0.1) is 23.7 Å². The van der Waals surface area contributed by atoms with Gasteiger partial charge in [0, 0.05) is 63.9 Å². The van der Waals surface area contributed by atoms with Crippen LogP contribution in [0.5, 0.6) is 5.75 Å². The minimum Gasteiger partial charge on any atom is -0.508 e. The molecule has 0 aromatic heterocycles. The van der Waals surface area contributed by atoms with Crippen LogP contribution in [0.1, 0.15) is 184 Å². The highest BCUT2D eigenvalue weighted by Gasteiger charge is 2.42. The number of carbonyl (C=O) groups excluding carboxylic acids is 14. The lowest BCUT2D eigenvalue weighted by Gasteiger charge is -2.31. The average Bonchev–Trinajstić information content (AvgIpc) is 1.73. The van der Waals surface area contributed by atoms with Crippen molar-refractivity contribution in [3.8, 4) is 5.75 Å². The number of carboxylic acid groups (broad SMARTS) is 1. The lowest BCUT2D eigenvalue weighted by Crippen LogP contribution is -2.61. The Morgan fingerprint density at radius 2 is 0.924 bits per heavy atom. The number of nitrogens with zero attached hydrogens (tertiary/aromatic N) is 7. The van der Waals surface area contributed by atoms with Crippen molar-refractivity contribution in [2.45, 2.75) is 263 Å². The van der Waals surface area contributed by atoms with E-state index in [0.29, 0.717) is 31.2 Å². The van der Waals surface area contributed by atoms with Crippen LogP contribution in [0.25, 0.3) is 10.4 Å². The minimum atomic E-state index is -1.83. The number of likely N-dealkylation sites (tertiary alicyclic amines) is 1. The molecule has 0 unspecified atom stereocenters. The van der Waals surface area contributed by atoms with Gasteiger partial charge in [0.05, 0.1) is 46.2 Å². The van der Waals surface area contributed by atoms with Gasteiger partial charge in [-0.15, -0.1) is 0 Å². The van der Waals surface area contributed by atoms with Crippen LogP contribution in [0.3, 0.4) is 0 Å². The van der Waals surface area contributed by atoms with Gasteiger partial charge in [0.1, 0.15) is 84.3 Å². The first kappa shape index (κ1) is 115. The number of hydrogen-bond donors (Lipinski definition) is 23. The Morgan fingerprint density at radius 3 is 1.40 bits per heavy atom. The molecule has 131 heavy (non-hydrogen) atoms. The Morgan fingerprint density at radius 1 is 0.496 bits per heavy atom. The number of benzene rings is 1. The SMILES string of the molecule is CC[C@H](C)[C@H](NC(=O)[C@H](CCCCN)NC(=O)[C@H](CCCN=C(N)N)NC(=O)[C@H](Cc1ccc(O)cc1)NC(=O)[C@H](C)NC(=O)[C@@H]1CCCN1C(=O)[C@H](CCCN=C(N)NCCOCCOCCOCCN=[N+]=[N-])NC(=O)[C@H](CCCN=C(N)N)NC(=O)[C@H](CO)NC(=O)[C@H](CC(C)C)NC(=O)[C@@H](NC(=O)[C@H](CCC(=O)O)NC(C)=O)[C@@H](C)CC)C(=O)N[C@@H](CC(C)C)C(N)=O. The lowest BCUT2D eigenvalue weighted by atomic mass is 9.96. The number of carboxylic acids is 1. The van der Waals surface area contributed by atoms with Crippen LogP contribution in [-0.2, 0) is 92.5 Å². The van der Waals surface area contributed by atoms with Crippen molar-refractivity contribution in [3.05, 3.63) is 40.3 Å². The predicted molar refractivity (Wildman–Crippen MR) is 485 cm³/mol. The Kier molecular flexibility index (Phi) is 56.1. The van der Waals surface area contributed by atoms with Crippen molar-refractivity contribution < 1.29 is 101 Å². The number of nitrogens with one attached hydrogen (secondary N) is 13. The van der Waals surface area contributed by atoms with E-state index in [1.165, 1.54) is 36.1 Å². The number of phenolic OH excluding ortho intramolecular Hbond substituents is 1. The Bertz CT molecular complexity index is 3940. The first-order chi connectivity index (χ1) is 62.1. The van der Waals surface area contributed by atoms with Gasteiger partial charge in [-0.3, -0.25) is 86.9 Å². The molecule has 14 amide bonds. The van der Waals surface area contributed by atoms with Gasteiger partial charge in [-0.2, -0.15) is 0 Å². The Hall–Kier alpha value is -12.0. The normalized spacial score (nSPS) is 15.7. The Balaban J connectivity index is 2.69. The molecule has 2 rings (SSSR count). The number of aliphatic imine (C=N–C) groups is 3. The summed E-state index contributed by atoms with van der Waals surface area (Å²) in [6, 6.07) is -12.9. The van der Waals surface area contributed by atoms with E-state index in [1.807, 2.05) is 13.8 Å². The number of aliphatic hydroxyl groups is 1. The molecule has 1 fully saturated rings. The van der Waals surface area contributed by atoms with Crippen LogP contribution in [-0.4, -0.2) is 297 Å². The van der Waals surface area contributed by atoms with E-state index in [0.717, 1.165) is 6.92 Å². The van der Waals surface area contributed by atoms with Gasteiger partial charge in [0.15, 0.2) is 17.9 Å². The summed E-state index contributed by atoms with van der Waals surface area (Å²) in [5.41, 5.74) is 49.1. The number of amides is 14. The first-order valence-corrected chi connectivity index (χ1v) is 44.5. The van der Waals surface area contributed by atoms with E-state index in [1.54, 1.807) is 41.5 Å². The van der Waals surface area contributed by atoms with Crippen LogP contribution in [0.2, 0.25) is 0 Å². The van der Waals surface area contributed by atoms with Crippen LogP contribution < -0.4 is 109 Å². The number of aliphatic carboxylic acids is 1. The van der Waals surface area contributed by atoms with Gasteiger partial charge in [-0.25, -0.2) is 0 Å². The topological polar surface area (TPSA) is 772 Å². The van der Waals surface area contributed by atoms with Crippen molar-refractivity contribution in [3.63, 3.8) is 0 Å². The van der Waals surface area contributed by atoms with Crippen LogP contribution in [0.4, 0.5) is 0 Å². The number of primary amides is 1. The highest BCUT2D eigenvalue weighted by Crippen LogP contribution is 2.22. The summed E-state index contributed by atoms with van der Waals surface area (Å²) in [6.45, 7) is 17.1. The molecule has 0 radical (unpaired) electrons. The molecule has 1 aliphatic heterocycles. The maximum absolute atomic E-state index is 15.3. The molecule has 1 aromatic rings. The molecule has 0 saturated carbocycles. The molecule has 1 heterocycles. The molecular formula is C83H145N27O21. The summed E-state index contributed by atoms with van der Waals surface area (Å²) in [7, 11) is 0. The molecule has 30 N–H and O–H groups in total. The van der Waals surface area contributed by atoms with Crippen molar-refractivity contribution >= 4 is 107 Å². The summed E-state index contributed by atoms with van der Waals surface area (Å²) in [5, 5.41) is 68.2. The Labute approximate surface area is 764 Å². The van der Waals surface area contributed by atoms with E-state index in [2.05, 4.69) is 94.1 Å². The van der Waals surface area contributed by atoms with Gasteiger partial charge in [0.2, 0.25) is 82.7 Å². The summed E-state index contributed by atoms with van der Waals surface area (Å²) in [4.78, 5) is 227. The largest absolute Gasteiger partial charge is 0.508 e. The smallest absolute Gasteiger partial charge is 0.303 e. The highest BCUT2D eigenvalue weighted by atomic mass is 16.5. The van der Waals surface area contributed by atoms with Crippen molar-refractivity contribution in [2.24, 2.45) is 83.9 Å². The van der Waals surface area contributed by atoms with E-state index >= 15 is 4.79 Å². The third-order valence-electron chi connectivity index (χ3n) is 21.0. The standard InChI is InChI=1S/C83H145N27O21/c1-11-49(7)66(78(126)103-60(68(85)116)43-47(3)4)107-72(120)55(19-13-14-30-84)99-70(118)56(20-15-31-92-81(86)87)100-75(123)62(45-53-24-26-54(113)27-25-53)104-69(117)51(9)97-77(125)64-23-18-36-110(64)80(128)59(22-17-33-94-83(90)95-34-37-129-39-41-131-42-40-130-38-35-96-109-91)102-71(119)57(21-16-32-93-82(88)89)101-76(124)63(46-111)106-74(122)61(44-48(5)6)105-79(127)67(50(8)12-2)108-73(121)58(98-52(10)112)28-29-65(114)115/h24-27,47-51,55-64,66-67,111,113H,11-23,28-46,84H2,1-10H3,(H2,85,116)(H,97,125)(H,98,112)(H,99,118)(H,100,123)(H,101,124)(H,102,119)(H,103,126)(H,104,117)(H,105,127)(H,106,122)(H,107,120)(H,108,121)(H,114,115)(H4,86,87,92)(H4,88,89,93)(H3,90,94,95)/t49-,50-,51-,55-,56-,57-,58-,59-,60-,61-,62-,63-,64-,66-,67-/m0/s1. The fourth-order valence-electron chi connectivity index (χ4n) is 13.5. The number of guanidine groups is 3. The molecule has 0 spiro atoms. The maximum Gasteiger partial charge on any atom is 0.303 e. The molecule has 1 aliphatic rings. The predicted octanol–water partition coefficient (Wildman–Crippen LogP) is -4.41. The number of carbonyl (C=O) groups is 15. The molecule has 738 valence electrons. The zero-order valence-corrected chi connectivity index (χ0v) is 77.1. The zero-order valence-electron chi connectivity index (χ0n) is 77.1. The van der Waals surface area contributed by atoms with Crippen molar-refractivity contribution in [1.82, 2.24) is 74.0 Å². The highest BCUT2D eigenvalue weighted by molar-refractivity contribution is 6.00. The molecule has 0 bridgehead atoms. The number of hydrogen-bond acceptors (Lipinski definition) is 25. The zero-order chi connectivity index (χ0) is 98.2. The monoisotopic (exact) mass is 1860 g/mol. The quantitative estimate of drug-likeness (QED) is 0.00731. The summed E-state index contributed by atoms with van der Waals surface area (Å²) >= 11 is 0. The summed E-state index contributed by atoms with van der Waals surface area (Å²) in [5.74, 6) is -15.6. The van der Waals surface area contributed by atoms with Crippen molar-refractivity contribution in [1.29, 1.82) is 0 Å². The number of azide groups is 1. The van der Waals surface area contributed by atoms with Crippen LogP contribution >= 0.6 is 0 Å². The number of aliphatic hydroxyl groups excluding tert-OH is 1. The minimum absolute atomic E-state index is 0.00352. The molecule has 15 atom stereocenters. The summed E-state index contributed by atoms with van der Waals surface area (Å²) in [6.07, 6.45) is 0.213.